The number of carbonyl (C=O) groups is 2. The van der Waals surface area contributed by atoms with Gasteiger partial charge in [-0.15, -0.1) is 11.3 Å². The number of nitrogens with zero attached hydrogens (tertiary/aromatic N) is 2. The van der Waals surface area contributed by atoms with Crippen LogP contribution in [0.4, 0.5) is 10.3 Å². The van der Waals surface area contributed by atoms with E-state index in [2.05, 4.69) is 20.6 Å². The summed E-state index contributed by atoms with van der Waals surface area (Å²) >= 11 is 8.75. The Morgan fingerprint density at radius 1 is 0.871 bits per heavy atom. The molecule has 0 fully saturated rings. The molecule has 6 nitrogen and oxygen atoms in total. The molecular formula is C22H17ClN4O2S2. The standard InChI is InChI=1S/C22H17ClN4O2S2/c1-12-7-3-4-8-14(12)19(28)26-21-25-17(11-30-21)18-13(2)24-22(31-18)27-20(29)15-9-5-6-10-16(15)23/h3-11H,1-2H3,(H,24,27,29)(H,25,26,28). The van der Waals surface area contributed by atoms with Crippen molar-refractivity contribution in [3.63, 3.8) is 0 Å². The third kappa shape index (κ3) is 4.66. The highest BCUT2D eigenvalue weighted by Crippen LogP contribution is 2.35. The monoisotopic (exact) mass is 468 g/mol. The molecule has 0 bridgehead atoms. The Kier molecular flexibility index (Phi) is 6.13. The Morgan fingerprint density at radius 3 is 2.26 bits per heavy atom. The second-order valence-corrected chi connectivity index (χ2v) is 8.94. The average Bonchev–Trinajstić information content (AvgIpc) is 3.34. The van der Waals surface area contributed by atoms with Gasteiger partial charge >= 0.3 is 0 Å². The summed E-state index contributed by atoms with van der Waals surface area (Å²) in [6.45, 7) is 3.74. The van der Waals surface area contributed by atoms with E-state index in [1.165, 1.54) is 22.7 Å². The van der Waals surface area contributed by atoms with Gasteiger partial charge in [-0.1, -0.05) is 53.3 Å². The molecule has 0 unspecified atom stereocenters. The summed E-state index contributed by atoms with van der Waals surface area (Å²) < 4.78 is 0. The molecule has 2 heterocycles. The number of aromatic nitrogens is 2. The number of aryl methyl sites for hydroxylation is 2. The number of halogens is 1. The van der Waals surface area contributed by atoms with E-state index < -0.39 is 0 Å². The van der Waals surface area contributed by atoms with Gasteiger partial charge in [0, 0.05) is 10.9 Å². The van der Waals surface area contributed by atoms with Crippen molar-refractivity contribution in [2.75, 3.05) is 10.6 Å². The highest BCUT2D eigenvalue weighted by molar-refractivity contribution is 7.20. The molecule has 156 valence electrons. The molecule has 0 atom stereocenters. The molecule has 2 aromatic heterocycles. The fraction of sp³-hybridized carbons (Fsp3) is 0.0909. The zero-order valence-corrected chi connectivity index (χ0v) is 19.0. The van der Waals surface area contributed by atoms with Crippen molar-refractivity contribution in [3.05, 3.63) is 81.3 Å². The Hall–Kier alpha value is -3.07. The molecule has 0 saturated heterocycles. The first-order valence-electron chi connectivity index (χ1n) is 9.28. The van der Waals surface area contributed by atoms with Gasteiger partial charge in [-0.05, 0) is 37.6 Å². The summed E-state index contributed by atoms with van der Waals surface area (Å²) in [6.07, 6.45) is 0. The number of rotatable bonds is 5. The lowest BCUT2D eigenvalue weighted by atomic mass is 10.1. The van der Waals surface area contributed by atoms with E-state index >= 15 is 0 Å². The second kappa shape index (κ2) is 8.97. The van der Waals surface area contributed by atoms with Gasteiger partial charge in [-0.2, -0.15) is 0 Å². The van der Waals surface area contributed by atoms with E-state index in [-0.39, 0.29) is 11.8 Å². The molecule has 4 aromatic rings. The molecule has 31 heavy (non-hydrogen) atoms. The normalized spacial score (nSPS) is 10.7. The van der Waals surface area contributed by atoms with Gasteiger partial charge in [0.1, 0.15) is 0 Å². The third-order valence-corrected chi connectivity index (χ3v) is 6.67. The maximum absolute atomic E-state index is 12.5. The van der Waals surface area contributed by atoms with E-state index in [1.54, 1.807) is 30.3 Å². The Balaban J connectivity index is 1.50. The predicted octanol–water partition coefficient (Wildman–Crippen LogP) is 6.04. The lowest BCUT2D eigenvalue weighted by Gasteiger charge is -2.04. The summed E-state index contributed by atoms with van der Waals surface area (Å²) in [5, 5.41) is 8.81. The smallest absolute Gasteiger partial charge is 0.258 e. The zero-order chi connectivity index (χ0) is 22.0. The number of hydrogen-bond donors (Lipinski definition) is 2. The summed E-state index contributed by atoms with van der Waals surface area (Å²) in [4.78, 5) is 34.8. The molecule has 9 heteroatoms. The predicted molar refractivity (Wildman–Crippen MR) is 126 cm³/mol. The quantitative estimate of drug-likeness (QED) is 0.374. The Bertz CT molecular complexity index is 1280. The first-order chi connectivity index (χ1) is 14.9. The topological polar surface area (TPSA) is 84.0 Å². The molecule has 0 saturated carbocycles. The molecule has 0 aliphatic heterocycles. The third-order valence-electron chi connectivity index (χ3n) is 4.48. The van der Waals surface area contributed by atoms with Gasteiger partial charge in [0.25, 0.3) is 11.8 Å². The number of benzene rings is 2. The van der Waals surface area contributed by atoms with E-state index in [9.17, 15) is 9.59 Å². The SMILES string of the molecule is Cc1ccccc1C(=O)Nc1nc(-c2sc(NC(=O)c3ccccc3Cl)nc2C)cs1. The van der Waals surface area contributed by atoms with Crippen molar-refractivity contribution >= 4 is 56.4 Å². The van der Waals surface area contributed by atoms with E-state index in [0.717, 1.165) is 16.1 Å². The molecule has 2 N–H and O–H groups in total. The molecule has 0 aliphatic carbocycles. The number of hydrogen-bond acceptors (Lipinski definition) is 6. The summed E-state index contributed by atoms with van der Waals surface area (Å²) in [5.41, 5.74) is 3.32. The van der Waals surface area contributed by atoms with E-state index in [1.807, 2.05) is 37.4 Å². The fourth-order valence-electron chi connectivity index (χ4n) is 2.92. The minimum absolute atomic E-state index is 0.201. The van der Waals surface area contributed by atoms with Crippen molar-refractivity contribution < 1.29 is 9.59 Å². The van der Waals surface area contributed by atoms with Crippen molar-refractivity contribution in [1.29, 1.82) is 0 Å². The van der Waals surface area contributed by atoms with Crippen molar-refractivity contribution in [2.24, 2.45) is 0 Å². The maximum atomic E-state index is 12.5. The molecule has 0 radical (unpaired) electrons. The highest BCUT2D eigenvalue weighted by atomic mass is 35.5. The van der Waals surface area contributed by atoms with Crippen LogP contribution in [-0.2, 0) is 0 Å². The van der Waals surface area contributed by atoms with Crippen molar-refractivity contribution in [3.8, 4) is 10.6 Å². The number of amides is 2. The first-order valence-corrected chi connectivity index (χ1v) is 11.4. The highest BCUT2D eigenvalue weighted by Gasteiger charge is 2.17. The minimum Gasteiger partial charge on any atom is -0.298 e. The lowest BCUT2D eigenvalue weighted by Crippen LogP contribution is -2.12. The van der Waals surface area contributed by atoms with Crippen molar-refractivity contribution in [1.82, 2.24) is 9.97 Å². The summed E-state index contributed by atoms with van der Waals surface area (Å²) in [5.74, 6) is -0.525. The van der Waals surface area contributed by atoms with Crippen LogP contribution in [0.1, 0.15) is 32.0 Å². The van der Waals surface area contributed by atoms with Crippen LogP contribution in [0.5, 0.6) is 0 Å². The van der Waals surface area contributed by atoms with Crippen LogP contribution >= 0.6 is 34.3 Å². The number of thiazole rings is 2. The fourth-order valence-corrected chi connectivity index (χ4v) is 4.84. The molecule has 4 rings (SSSR count). The molecule has 0 aliphatic rings. The van der Waals surface area contributed by atoms with Crippen LogP contribution in [0.2, 0.25) is 5.02 Å². The Morgan fingerprint density at radius 2 is 1.52 bits per heavy atom. The molecule has 0 spiro atoms. The largest absolute Gasteiger partial charge is 0.298 e. The Labute approximate surface area is 192 Å². The summed E-state index contributed by atoms with van der Waals surface area (Å²) in [7, 11) is 0. The van der Waals surface area contributed by atoms with Crippen LogP contribution in [0.25, 0.3) is 10.6 Å². The number of anilines is 2. The van der Waals surface area contributed by atoms with Gasteiger partial charge in [0.15, 0.2) is 10.3 Å². The van der Waals surface area contributed by atoms with Crippen LogP contribution in [0, 0.1) is 13.8 Å². The average molecular weight is 469 g/mol. The van der Waals surface area contributed by atoms with Gasteiger partial charge in [0.05, 0.1) is 26.9 Å². The van der Waals surface area contributed by atoms with Gasteiger partial charge in [0.2, 0.25) is 0 Å². The maximum Gasteiger partial charge on any atom is 0.258 e. The number of carbonyl (C=O) groups excluding carboxylic acids is 2. The van der Waals surface area contributed by atoms with Crippen LogP contribution in [-0.4, -0.2) is 21.8 Å². The van der Waals surface area contributed by atoms with Crippen molar-refractivity contribution in [2.45, 2.75) is 13.8 Å². The van der Waals surface area contributed by atoms with Gasteiger partial charge in [-0.25, -0.2) is 9.97 Å². The summed E-state index contributed by atoms with van der Waals surface area (Å²) in [6, 6.07) is 14.2. The zero-order valence-electron chi connectivity index (χ0n) is 16.6. The second-order valence-electron chi connectivity index (χ2n) is 6.67. The molecule has 2 aromatic carbocycles. The van der Waals surface area contributed by atoms with Crippen LogP contribution < -0.4 is 10.6 Å². The van der Waals surface area contributed by atoms with Gasteiger partial charge < -0.3 is 0 Å². The van der Waals surface area contributed by atoms with Crippen LogP contribution in [0.15, 0.2) is 53.9 Å². The molecular weight excluding hydrogens is 452 g/mol. The van der Waals surface area contributed by atoms with E-state index in [4.69, 9.17) is 11.6 Å². The van der Waals surface area contributed by atoms with Crippen LogP contribution in [0.3, 0.4) is 0 Å². The minimum atomic E-state index is -0.324. The molecule has 2 amide bonds. The van der Waals surface area contributed by atoms with E-state index in [0.29, 0.717) is 32.1 Å². The first kappa shape index (κ1) is 21.2. The lowest BCUT2D eigenvalue weighted by molar-refractivity contribution is 0.101. The van der Waals surface area contributed by atoms with Gasteiger partial charge in [-0.3, -0.25) is 20.2 Å². The number of nitrogens with one attached hydrogen (secondary N) is 2.